The van der Waals surface area contributed by atoms with Gasteiger partial charge in [0.15, 0.2) is 0 Å². The minimum atomic E-state index is -7.49. The van der Waals surface area contributed by atoms with E-state index in [-0.39, 0.29) is 5.57 Å². The number of alkyl halides is 11. The van der Waals surface area contributed by atoms with Crippen LogP contribution < -0.4 is 0 Å². The lowest BCUT2D eigenvalue weighted by atomic mass is 9.94. The van der Waals surface area contributed by atoms with Gasteiger partial charge in [0.25, 0.3) is 0 Å². The van der Waals surface area contributed by atoms with Crippen LogP contribution in [0.15, 0.2) is 12.2 Å². The van der Waals surface area contributed by atoms with Gasteiger partial charge in [-0.3, -0.25) is 0 Å². The van der Waals surface area contributed by atoms with Crippen LogP contribution in [0, 0.1) is 0 Å². The van der Waals surface area contributed by atoms with Crippen LogP contribution in [0.5, 0.6) is 0 Å². The van der Waals surface area contributed by atoms with Crippen molar-refractivity contribution in [3.63, 3.8) is 0 Å². The van der Waals surface area contributed by atoms with E-state index in [1.807, 2.05) is 0 Å². The molecule has 0 spiro atoms. The van der Waals surface area contributed by atoms with Gasteiger partial charge in [-0.25, -0.2) is 4.79 Å². The number of aliphatic hydroxyl groups excluding tert-OH is 2. The Morgan fingerprint density at radius 2 is 1.22 bits per heavy atom. The van der Waals surface area contributed by atoms with E-state index in [4.69, 9.17) is 15.3 Å². The summed E-state index contributed by atoms with van der Waals surface area (Å²) in [7, 11) is 0. The largest absolute Gasteiger partial charge is 0.478 e. The van der Waals surface area contributed by atoms with Gasteiger partial charge in [-0.05, 0) is 6.92 Å². The zero-order chi connectivity index (χ0) is 22.6. The Bertz CT molecular complexity index is 516. The predicted molar refractivity (Wildman–Crippen MR) is 66.0 cm³/mol. The smallest absolute Gasteiger partial charge is 0.460 e. The van der Waals surface area contributed by atoms with Gasteiger partial charge in [0, 0.05) is 12.0 Å². The van der Waals surface area contributed by atoms with Crippen molar-refractivity contribution in [3.05, 3.63) is 12.2 Å². The molecule has 15 heteroatoms. The van der Waals surface area contributed by atoms with E-state index in [1.165, 1.54) is 6.92 Å². The maximum atomic E-state index is 12.9. The third kappa shape index (κ3) is 5.92. The highest BCUT2D eigenvalue weighted by atomic mass is 19.4. The SMILES string of the molecule is C=C(C)C(=O)O.OCC(O)CC(F)(F)C(F)(F)C(F)(F)C(F)(F)C(F)(F)F. The molecule has 4 nitrogen and oxygen atoms in total. The summed E-state index contributed by atoms with van der Waals surface area (Å²) in [4.78, 5) is 9.60. The predicted octanol–water partition coefficient (Wildman–Crippen LogP) is 3.48. The molecule has 1 unspecified atom stereocenters. The molecule has 0 amide bonds. The Morgan fingerprint density at radius 3 is 1.44 bits per heavy atom. The molecule has 1 atom stereocenters. The molecule has 0 aliphatic carbocycles. The van der Waals surface area contributed by atoms with Crippen molar-refractivity contribution in [2.75, 3.05) is 6.61 Å². The van der Waals surface area contributed by atoms with Gasteiger partial charge in [0.1, 0.15) is 0 Å². The quantitative estimate of drug-likeness (QED) is 0.427. The lowest BCUT2D eigenvalue weighted by Crippen LogP contribution is -2.66. The number of rotatable bonds is 7. The molecular formula is C12H13F11O4. The first-order valence-electron chi connectivity index (χ1n) is 6.35. The Morgan fingerprint density at radius 1 is 0.889 bits per heavy atom. The third-order valence-electron chi connectivity index (χ3n) is 2.67. The minimum absolute atomic E-state index is 0.176. The van der Waals surface area contributed by atoms with Gasteiger partial charge >= 0.3 is 35.8 Å². The van der Waals surface area contributed by atoms with Crippen molar-refractivity contribution < 1.29 is 68.4 Å². The monoisotopic (exact) mass is 430 g/mol. The van der Waals surface area contributed by atoms with Crippen molar-refractivity contribution in [1.82, 2.24) is 0 Å². The van der Waals surface area contributed by atoms with Crippen LogP contribution in [0.3, 0.4) is 0 Å². The fourth-order valence-electron chi connectivity index (χ4n) is 1.09. The van der Waals surface area contributed by atoms with E-state index in [0.717, 1.165) is 0 Å². The topological polar surface area (TPSA) is 77.8 Å². The Balaban J connectivity index is 0. The molecule has 0 aromatic heterocycles. The number of hydrogen-bond donors (Lipinski definition) is 3. The van der Waals surface area contributed by atoms with Crippen LogP contribution in [0.25, 0.3) is 0 Å². The van der Waals surface area contributed by atoms with Crippen molar-refractivity contribution >= 4 is 5.97 Å². The molecule has 0 rings (SSSR count). The number of carboxylic acids is 1. The minimum Gasteiger partial charge on any atom is -0.478 e. The first-order valence-corrected chi connectivity index (χ1v) is 6.35. The number of aliphatic hydroxyl groups is 2. The molecule has 0 radical (unpaired) electrons. The Hall–Kier alpha value is -1.64. The molecule has 0 saturated heterocycles. The summed E-state index contributed by atoms with van der Waals surface area (Å²) < 4.78 is 136. The molecule has 0 saturated carbocycles. The standard InChI is InChI=1S/C8H7F11O2.C4H6O2/c9-4(10,1-3(21)2-20)5(11,12)6(13,14)7(15,16)8(17,18)19;1-3(2)4(5)6/h3,20-21H,1-2H2;1H2,2H3,(H,5,6). The normalized spacial score (nSPS) is 14.9. The number of aliphatic carboxylic acids is 1. The maximum absolute atomic E-state index is 12.9. The summed E-state index contributed by atoms with van der Waals surface area (Å²) in [6.07, 6.45) is -12.6. The maximum Gasteiger partial charge on any atom is 0.460 e. The molecule has 0 aromatic carbocycles. The molecule has 0 fully saturated rings. The number of hydrogen-bond acceptors (Lipinski definition) is 3. The number of halogens is 11. The van der Waals surface area contributed by atoms with Crippen molar-refractivity contribution in [2.45, 2.75) is 49.3 Å². The van der Waals surface area contributed by atoms with Crippen LogP contribution in [0.2, 0.25) is 0 Å². The summed E-state index contributed by atoms with van der Waals surface area (Å²) in [5.41, 5.74) is 0.176. The molecular weight excluding hydrogens is 417 g/mol. The molecule has 162 valence electrons. The Labute approximate surface area is 143 Å². The highest BCUT2D eigenvalue weighted by Crippen LogP contribution is 2.58. The lowest BCUT2D eigenvalue weighted by Gasteiger charge is -2.37. The second kappa shape index (κ2) is 8.58. The van der Waals surface area contributed by atoms with E-state index in [2.05, 4.69) is 6.58 Å². The summed E-state index contributed by atoms with van der Waals surface area (Å²) in [6.45, 7) is 2.97. The average Bonchev–Trinajstić information content (AvgIpc) is 2.45. The van der Waals surface area contributed by atoms with Gasteiger partial charge in [-0.2, -0.15) is 48.3 Å². The molecule has 3 N–H and O–H groups in total. The summed E-state index contributed by atoms with van der Waals surface area (Å²) in [6, 6.07) is 0. The van der Waals surface area contributed by atoms with Crippen LogP contribution in [0.4, 0.5) is 48.3 Å². The van der Waals surface area contributed by atoms with Crippen molar-refractivity contribution in [2.24, 2.45) is 0 Å². The second-order valence-electron chi connectivity index (χ2n) is 5.05. The van der Waals surface area contributed by atoms with E-state index < -0.39 is 55.0 Å². The zero-order valence-corrected chi connectivity index (χ0v) is 13.1. The van der Waals surface area contributed by atoms with E-state index in [0.29, 0.717) is 0 Å². The summed E-state index contributed by atoms with van der Waals surface area (Å²) in [5.74, 6) is -29.2. The van der Waals surface area contributed by atoms with Crippen molar-refractivity contribution in [3.8, 4) is 0 Å². The van der Waals surface area contributed by atoms with Crippen LogP contribution in [0.1, 0.15) is 13.3 Å². The van der Waals surface area contributed by atoms with Gasteiger partial charge in [-0.1, -0.05) is 6.58 Å². The fraction of sp³-hybridized carbons (Fsp3) is 0.750. The average molecular weight is 430 g/mol. The first-order chi connectivity index (χ1) is 11.6. The zero-order valence-electron chi connectivity index (χ0n) is 13.1. The van der Waals surface area contributed by atoms with E-state index in [1.54, 1.807) is 0 Å². The lowest BCUT2D eigenvalue weighted by molar-refractivity contribution is -0.423. The molecule has 0 aromatic rings. The number of carbonyl (C=O) groups is 1. The van der Waals surface area contributed by atoms with Crippen LogP contribution >= 0.6 is 0 Å². The second-order valence-corrected chi connectivity index (χ2v) is 5.05. The first kappa shape index (κ1) is 27.6. The van der Waals surface area contributed by atoms with Gasteiger partial charge in [0.05, 0.1) is 12.7 Å². The van der Waals surface area contributed by atoms with Crippen LogP contribution in [-0.2, 0) is 4.79 Å². The summed E-state index contributed by atoms with van der Waals surface area (Å²) >= 11 is 0. The fourth-order valence-corrected chi connectivity index (χ4v) is 1.09. The molecule has 0 aliphatic rings. The summed E-state index contributed by atoms with van der Waals surface area (Å²) in [5, 5.41) is 24.5. The Kier molecular flexibility index (Phi) is 8.76. The van der Waals surface area contributed by atoms with Gasteiger partial charge < -0.3 is 15.3 Å². The number of carboxylic acid groups (broad SMARTS) is 1. The van der Waals surface area contributed by atoms with Gasteiger partial charge in [0.2, 0.25) is 0 Å². The molecule has 0 aliphatic heterocycles. The molecule has 27 heavy (non-hydrogen) atoms. The van der Waals surface area contributed by atoms with E-state index >= 15 is 0 Å². The highest BCUT2D eigenvalue weighted by Gasteiger charge is 2.86. The molecule has 0 heterocycles. The third-order valence-corrected chi connectivity index (χ3v) is 2.67. The highest BCUT2D eigenvalue weighted by molar-refractivity contribution is 5.84. The van der Waals surface area contributed by atoms with E-state index in [9.17, 15) is 53.1 Å². The van der Waals surface area contributed by atoms with Crippen molar-refractivity contribution in [1.29, 1.82) is 0 Å². The molecule has 0 bridgehead atoms. The van der Waals surface area contributed by atoms with Crippen LogP contribution in [-0.4, -0.2) is 63.9 Å². The van der Waals surface area contributed by atoms with Gasteiger partial charge in [-0.15, -0.1) is 0 Å².